The highest BCUT2D eigenvalue weighted by molar-refractivity contribution is 5.76. The number of ether oxygens (including phenoxy) is 2. The zero-order valence-electron chi connectivity index (χ0n) is 19.1. The third-order valence-corrected chi connectivity index (χ3v) is 5.86. The number of benzene rings is 3. The molecule has 0 radical (unpaired) electrons. The van der Waals surface area contributed by atoms with Crippen LogP contribution in [0, 0.1) is 0 Å². The van der Waals surface area contributed by atoms with Gasteiger partial charge in [0.05, 0.1) is 6.61 Å². The monoisotopic (exact) mass is 424 g/mol. The van der Waals surface area contributed by atoms with Crippen LogP contribution in [0.4, 0.5) is 0 Å². The molecule has 0 saturated heterocycles. The molecule has 2 nitrogen and oxygen atoms in total. The Hall–Kier alpha value is -3.10. The highest BCUT2D eigenvalue weighted by Gasteiger charge is 2.31. The average Bonchev–Trinajstić information content (AvgIpc) is 2.87. The maximum atomic E-state index is 6.45. The van der Waals surface area contributed by atoms with E-state index in [4.69, 9.17) is 9.47 Å². The van der Waals surface area contributed by atoms with Crippen LogP contribution in [-0.2, 0) is 10.3 Å². The summed E-state index contributed by atoms with van der Waals surface area (Å²) in [7, 11) is 0. The number of rotatable bonds is 9. The van der Waals surface area contributed by atoms with Crippen molar-refractivity contribution in [1.82, 2.24) is 0 Å². The first-order valence-electron chi connectivity index (χ1n) is 11.7. The van der Waals surface area contributed by atoms with Crippen molar-refractivity contribution < 1.29 is 9.47 Å². The summed E-state index contributed by atoms with van der Waals surface area (Å²) in [6.45, 7) is 5.76. The second-order valence-corrected chi connectivity index (χ2v) is 8.25. The van der Waals surface area contributed by atoms with Crippen molar-refractivity contribution in [2.45, 2.75) is 38.7 Å². The molecule has 32 heavy (non-hydrogen) atoms. The maximum Gasteiger partial charge on any atom is 0.119 e. The molecule has 1 aliphatic rings. The molecule has 0 N–H and O–H groups in total. The first-order chi connectivity index (χ1) is 15.7. The second kappa shape index (κ2) is 10.5. The lowest BCUT2D eigenvalue weighted by Crippen LogP contribution is -2.29. The topological polar surface area (TPSA) is 18.5 Å². The molecule has 2 heteroatoms. The first-order valence-corrected chi connectivity index (χ1v) is 11.7. The largest absolute Gasteiger partial charge is 0.494 e. The van der Waals surface area contributed by atoms with Crippen LogP contribution >= 0.6 is 0 Å². The van der Waals surface area contributed by atoms with Gasteiger partial charge in [0.2, 0.25) is 0 Å². The molecule has 0 aromatic heterocycles. The Labute approximate surface area is 192 Å². The molecule has 1 aliphatic carbocycles. The minimum absolute atomic E-state index is 0.418. The fraction of sp³-hybridized carbons (Fsp3) is 0.267. The van der Waals surface area contributed by atoms with Gasteiger partial charge in [-0.1, -0.05) is 92.7 Å². The van der Waals surface area contributed by atoms with Crippen molar-refractivity contribution in [3.63, 3.8) is 0 Å². The fourth-order valence-electron chi connectivity index (χ4n) is 4.06. The predicted molar refractivity (Wildman–Crippen MR) is 134 cm³/mol. The van der Waals surface area contributed by atoms with Crippen LogP contribution in [0.2, 0.25) is 0 Å². The summed E-state index contributed by atoms with van der Waals surface area (Å²) in [5.74, 6) is 0.926. The van der Waals surface area contributed by atoms with Crippen molar-refractivity contribution in [2.24, 2.45) is 0 Å². The van der Waals surface area contributed by atoms with E-state index in [1.54, 1.807) is 0 Å². The quantitative estimate of drug-likeness (QED) is 0.349. The summed E-state index contributed by atoms with van der Waals surface area (Å²) in [5.41, 5.74) is 5.66. The Morgan fingerprint density at radius 2 is 1.38 bits per heavy atom. The summed E-state index contributed by atoms with van der Waals surface area (Å²) in [5, 5.41) is 0. The molecule has 1 unspecified atom stereocenters. The van der Waals surface area contributed by atoms with Gasteiger partial charge in [0.1, 0.15) is 11.4 Å². The number of allylic oxidation sites excluding steroid dienone is 2. The molecule has 0 aliphatic heterocycles. The van der Waals surface area contributed by atoms with E-state index in [0.29, 0.717) is 0 Å². The SMILES string of the molecule is CCCOc1ccc(C2=CCC(OCCC)(c3ccc(-c4ccccc4)cc3)C=C2)cc1. The number of hydrogen-bond donors (Lipinski definition) is 0. The van der Waals surface area contributed by atoms with E-state index in [2.05, 4.69) is 105 Å². The lowest BCUT2D eigenvalue weighted by atomic mass is 9.83. The van der Waals surface area contributed by atoms with Crippen molar-refractivity contribution in [3.05, 3.63) is 108 Å². The summed E-state index contributed by atoms with van der Waals surface area (Å²) in [6, 6.07) is 27.7. The molecule has 0 heterocycles. The van der Waals surface area contributed by atoms with Crippen LogP contribution < -0.4 is 4.74 Å². The summed E-state index contributed by atoms with van der Waals surface area (Å²) in [6.07, 6.45) is 9.55. The van der Waals surface area contributed by atoms with Crippen LogP contribution in [0.25, 0.3) is 16.7 Å². The van der Waals surface area contributed by atoms with Gasteiger partial charge in [0.25, 0.3) is 0 Å². The second-order valence-electron chi connectivity index (χ2n) is 8.25. The van der Waals surface area contributed by atoms with Crippen molar-refractivity contribution in [1.29, 1.82) is 0 Å². The van der Waals surface area contributed by atoms with E-state index in [-0.39, 0.29) is 0 Å². The third-order valence-electron chi connectivity index (χ3n) is 5.86. The van der Waals surface area contributed by atoms with Crippen LogP contribution in [0.15, 0.2) is 97.1 Å². The van der Waals surface area contributed by atoms with Gasteiger partial charge in [-0.05, 0) is 58.9 Å². The minimum atomic E-state index is -0.418. The Bertz CT molecular complexity index is 1050. The van der Waals surface area contributed by atoms with Crippen molar-refractivity contribution >= 4 is 5.57 Å². The van der Waals surface area contributed by atoms with Gasteiger partial charge < -0.3 is 9.47 Å². The van der Waals surface area contributed by atoms with Gasteiger partial charge in [0.15, 0.2) is 0 Å². The van der Waals surface area contributed by atoms with Gasteiger partial charge in [-0.25, -0.2) is 0 Å². The molecular formula is C30H32O2. The fourth-order valence-corrected chi connectivity index (χ4v) is 4.06. The molecular weight excluding hydrogens is 392 g/mol. The molecule has 0 fully saturated rings. The van der Waals surface area contributed by atoms with Gasteiger partial charge in [-0.15, -0.1) is 0 Å². The molecule has 0 spiro atoms. The standard InChI is InChI=1S/C30H32O2/c1-3-22-31-29-16-12-26(13-17-29)27-18-20-30(21-19-27,32-23-4-2)28-14-10-25(11-15-28)24-8-6-5-7-9-24/h5-20H,3-4,21-23H2,1-2H3. The van der Waals surface area contributed by atoms with Crippen LogP contribution in [0.5, 0.6) is 5.75 Å². The first kappa shape index (κ1) is 22.1. The zero-order valence-corrected chi connectivity index (χ0v) is 19.1. The summed E-state index contributed by atoms with van der Waals surface area (Å²) >= 11 is 0. The Morgan fingerprint density at radius 1 is 0.719 bits per heavy atom. The van der Waals surface area contributed by atoms with E-state index in [1.807, 2.05) is 6.07 Å². The maximum absolute atomic E-state index is 6.45. The summed E-state index contributed by atoms with van der Waals surface area (Å²) in [4.78, 5) is 0. The third kappa shape index (κ3) is 5.03. The van der Waals surface area contributed by atoms with Crippen LogP contribution in [0.1, 0.15) is 44.2 Å². The minimum Gasteiger partial charge on any atom is -0.494 e. The highest BCUT2D eigenvalue weighted by atomic mass is 16.5. The Morgan fingerprint density at radius 3 is 2.00 bits per heavy atom. The zero-order chi connectivity index (χ0) is 22.2. The molecule has 164 valence electrons. The smallest absolute Gasteiger partial charge is 0.119 e. The molecule has 1 atom stereocenters. The molecule has 4 rings (SSSR count). The Kier molecular flexibility index (Phi) is 7.24. The van der Waals surface area contributed by atoms with Gasteiger partial charge in [-0.2, -0.15) is 0 Å². The van der Waals surface area contributed by atoms with E-state index < -0.39 is 5.60 Å². The summed E-state index contributed by atoms with van der Waals surface area (Å²) < 4.78 is 12.2. The molecule has 3 aromatic rings. The lowest BCUT2D eigenvalue weighted by molar-refractivity contribution is -0.0106. The lowest BCUT2D eigenvalue weighted by Gasteiger charge is -2.33. The Balaban J connectivity index is 1.54. The molecule has 3 aromatic carbocycles. The molecule has 0 bridgehead atoms. The average molecular weight is 425 g/mol. The van der Waals surface area contributed by atoms with E-state index in [9.17, 15) is 0 Å². The molecule has 0 amide bonds. The number of hydrogen-bond acceptors (Lipinski definition) is 2. The van der Waals surface area contributed by atoms with Crippen molar-refractivity contribution in [3.8, 4) is 16.9 Å². The van der Waals surface area contributed by atoms with Gasteiger partial charge >= 0.3 is 0 Å². The van der Waals surface area contributed by atoms with Gasteiger partial charge in [0, 0.05) is 13.0 Å². The van der Waals surface area contributed by atoms with E-state index in [0.717, 1.165) is 38.2 Å². The highest BCUT2D eigenvalue weighted by Crippen LogP contribution is 2.38. The van der Waals surface area contributed by atoms with Gasteiger partial charge in [-0.3, -0.25) is 0 Å². The van der Waals surface area contributed by atoms with Crippen molar-refractivity contribution in [2.75, 3.05) is 13.2 Å². The normalized spacial score (nSPS) is 17.8. The van der Waals surface area contributed by atoms with Crippen LogP contribution in [0.3, 0.4) is 0 Å². The predicted octanol–water partition coefficient (Wildman–Crippen LogP) is 7.81. The van der Waals surface area contributed by atoms with E-state index >= 15 is 0 Å². The van der Waals surface area contributed by atoms with Crippen LogP contribution in [-0.4, -0.2) is 13.2 Å². The van der Waals surface area contributed by atoms with E-state index in [1.165, 1.54) is 27.8 Å². The molecule has 0 saturated carbocycles.